The van der Waals surface area contributed by atoms with Gasteiger partial charge in [0.1, 0.15) is 0 Å². The average Bonchev–Trinajstić information content (AvgIpc) is 2.44. The highest BCUT2D eigenvalue weighted by atomic mass is 16.7. The molecule has 2 amide bonds. The number of rotatable bonds is 2. The molecule has 0 unspecified atom stereocenters. The van der Waals surface area contributed by atoms with E-state index in [4.69, 9.17) is 9.47 Å². The molecule has 0 bridgehead atoms. The monoisotopic (exact) mass is 372 g/mol. The van der Waals surface area contributed by atoms with E-state index in [1.165, 1.54) is 4.90 Å². The quantitative estimate of drug-likeness (QED) is 0.700. The van der Waals surface area contributed by atoms with Crippen LogP contribution in [-0.2, 0) is 19.1 Å². The van der Waals surface area contributed by atoms with Crippen LogP contribution in [0.3, 0.4) is 0 Å². The van der Waals surface area contributed by atoms with E-state index in [2.05, 4.69) is 0 Å². The Morgan fingerprint density at radius 1 is 0.885 bits per heavy atom. The third kappa shape index (κ3) is 3.14. The average molecular weight is 372 g/mol. The Morgan fingerprint density at radius 2 is 1.27 bits per heavy atom. The maximum Gasteiger partial charge on any atom is 0.325 e. The topological polar surface area (TPSA) is 117 Å². The van der Waals surface area contributed by atoms with Crippen molar-refractivity contribution in [3.8, 4) is 0 Å². The largest absolute Gasteiger partial charge is 0.480 e. The second-order valence-corrected chi connectivity index (χ2v) is 8.67. The van der Waals surface area contributed by atoms with Gasteiger partial charge < -0.3 is 29.5 Å². The van der Waals surface area contributed by atoms with Crippen LogP contribution in [-0.4, -0.2) is 82.2 Å². The Hall–Kier alpha value is -1.87. The first-order valence-electron chi connectivity index (χ1n) is 8.46. The molecule has 2 aliphatic rings. The molecule has 26 heavy (non-hydrogen) atoms. The highest BCUT2D eigenvalue weighted by Crippen LogP contribution is 2.48. The molecule has 0 aromatic carbocycles. The Labute approximate surface area is 152 Å². The van der Waals surface area contributed by atoms with Crippen molar-refractivity contribution in [2.45, 2.75) is 57.4 Å². The van der Waals surface area contributed by atoms with E-state index in [0.29, 0.717) is 12.8 Å². The maximum atomic E-state index is 12.7. The first-order valence-corrected chi connectivity index (χ1v) is 8.46. The summed E-state index contributed by atoms with van der Waals surface area (Å²) in [6, 6.07) is -0.143. The van der Waals surface area contributed by atoms with Crippen molar-refractivity contribution >= 4 is 18.0 Å². The van der Waals surface area contributed by atoms with Crippen molar-refractivity contribution in [1.29, 1.82) is 0 Å². The molecule has 0 aromatic heterocycles. The summed E-state index contributed by atoms with van der Waals surface area (Å²) in [5.74, 6) is -4.11. The normalized spacial score (nSPS) is 25.5. The number of hydrogen-bond acceptors (Lipinski definition) is 5. The number of carbonyl (C=O) groups is 3. The summed E-state index contributed by atoms with van der Waals surface area (Å²) in [5.41, 5.74) is -3.40. The SMILES string of the molecule is CN(C)C(=O)N1C(C)(C)CC2(CC1(C)C)OCC(C(=O)O)(C(=O)O)CO2. The number of amides is 2. The van der Waals surface area contributed by atoms with Gasteiger partial charge in [-0.1, -0.05) is 0 Å². The second-order valence-electron chi connectivity index (χ2n) is 8.67. The van der Waals surface area contributed by atoms with Gasteiger partial charge in [-0.2, -0.15) is 0 Å². The number of carboxylic acid groups (broad SMARTS) is 2. The van der Waals surface area contributed by atoms with Gasteiger partial charge in [-0.05, 0) is 27.7 Å². The van der Waals surface area contributed by atoms with Crippen molar-refractivity contribution in [2.24, 2.45) is 5.41 Å². The zero-order valence-electron chi connectivity index (χ0n) is 16.2. The number of aliphatic carboxylic acids is 2. The minimum Gasteiger partial charge on any atom is -0.480 e. The van der Waals surface area contributed by atoms with Gasteiger partial charge in [0, 0.05) is 38.0 Å². The third-order valence-corrected chi connectivity index (χ3v) is 5.17. The molecule has 2 rings (SSSR count). The maximum absolute atomic E-state index is 12.7. The van der Waals surface area contributed by atoms with Crippen molar-refractivity contribution in [1.82, 2.24) is 9.80 Å². The number of piperidine rings is 1. The lowest BCUT2D eigenvalue weighted by Gasteiger charge is -2.60. The van der Waals surface area contributed by atoms with Gasteiger partial charge in [0.2, 0.25) is 5.41 Å². The van der Waals surface area contributed by atoms with Crippen molar-refractivity contribution in [3.05, 3.63) is 0 Å². The molecule has 2 N–H and O–H groups in total. The predicted molar refractivity (Wildman–Crippen MR) is 90.7 cm³/mol. The summed E-state index contributed by atoms with van der Waals surface area (Å²) in [6.07, 6.45) is 0.608. The van der Waals surface area contributed by atoms with Crippen LogP contribution in [0.4, 0.5) is 4.79 Å². The van der Waals surface area contributed by atoms with Crippen molar-refractivity contribution < 1.29 is 34.1 Å². The molecule has 9 nitrogen and oxygen atoms in total. The van der Waals surface area contributed by atoms with Crippen LogP contribution in [0.15, 0.2) is 0 Å². The second kappa shape index (κ2) is 6.09. The molecule has 2 heterocycles. The number of hydrogen-bond donors (Lipinski definition) is 2. The highest BCUT2D eigenvalue weighted by Gasteiger charge is 2.61. The molecule has 2 aliphatic heterocycles. The van der Waals surface area contributed by atoms with Crippen molar-refractivity contribution in [3.63, 3.8) is 0 Å². The van der Waals surface area contributed by atoms with Gasteiger partial charge in [-0.15, -0.1) is 0 Å². The van der Waals surface area contributed by atoms with E-state index in [1.807, 2.05) is 27.7 Å². The first kappa shape index (κ1) is 20.4. The van der Waals surface area contributed by atoms with Crippen LogP contribution in [0.5, 0.6) is 0 Å². The molecule has 2 saturated heterocycles. The molecule has 0 radical (unpaired) electrons. The Balaban J connectivity index is 2.32. The Kier molecular flexibility index (Phi) is 4.79. The minimum atomic E-state index is -2.11. The number of ether oxygens (including phenoxy) is 2. The fourth-order valence-corrected chi connectivity index (χ4v) is 4.21. The molecule has 0 aromatic rings. The molecular weight excluding hydrogens is 344 g/mol. The summed E-state index contributed by atoms with van der Waals surface area (Å²) >= 11 is 0. The predicted octanol–water partition coefficient (Wildman–Crippen LogP) is 1.22. The zero-order chi connectivity index (χ0) is 20.1. The Morgan fingerprint density at radius 3 is 1.58 bits per heavy atom. The molecule has 2 fully saturated rings. The van der Waals surface area contributed by atoms with Crippen LogP contribution < -0.4 is 0 Å². The van der Waals surface area contributed by atoms with Crippen LogP contribution in [0.2, 0.25) is 0 Å². The van der Waals surface area contributed by atoms with E-state index < -0.39 is 47.4 Å². The number of carboxylic acids is 2. The number of carbonyl (C=O) groups excluding carboxylic acids is 1. The van der Waals surface area contributed by atoms with Crippen LogP contribution in [0, 0.1) is 5.41 Å². The lowest BCUT2D eigenvalue weighted by atomic mass is 9.75. The number of nitrogens with zero attached hydrogens (tertiary/aromatic N) is 2. The van der Waals surface area contributed by atoms with E-state index >= 15 is 0 Å². The van der Waals surface area contributed by atoms with E-state index in [-0.39, 0.29) is 6.03 Å². The molecule has 148 valence electrons. The van der Waals surface area contributed by atoms with Gasteiger partial charge in [0.25, 0.3) is 0 Å². The number of urea groups is 1. The standard InChI is InChI=1S/C17H28N2O7/c1-14(2)7-17(8-15(3,4)19(14)13(24)18(5)6)25-9-16(10-26-17,11(20)21)12(22)23/h7-10H2,1-6H3,(H,20,21)(H,22,23). The van der Waals surface area contributed by atoms with E-state index in [9.17, 15) is 24.6 Å². The summed E-state index contributed by atoms with van der Waals surface area (Å²) < 4.78 is 11.5. The molecule has 1 spiro atoms. The van der Waals surface area contributed by atoms with Crippen LogP contribution in [0.1, 0.15) is 40.5 Å². The molecule has 0 atom stereocenters. The molecule has 0 saturated carbocycles. The lowest BCUT2D eigenvalue weighted by Crippen LogP contribution is -2.71. The molecule has 9 heteroatoms. The highest BCUT2D eigenvalue weighted by molar-refractivity contribution is 5.98. The van der Waals surface area contributed by atoms with E-state index in [1.54, 1.807) is 19.0 Å². The van der Waals surface area contributed by atoms with Crippen molar-refractivity contribution in [2.75, 3.05) is 27.3 Å². The molecule has 0 aliphatic carbocycles. The zero-order valence-corrected chi connectivity index (χ0v) is 16.2. The van der Waals surface area contributed by atoms with Crippen LogP contribution in [0.25, 0.3) is 0 Å². The third-order valence-electron chi connectivity index (χ3n) is 5.17. The van der Waals surface area contributed by atoms with Gasteiger partial charge in [0.15, 0.2) is 5.79 Å². The summed E-state index contributed by atoms with van der Waals surface area (Å²) in [7, 11) is 3.36. The Bertz CT molecular complexity index is 583. The van der Waals surface area contributed by atoms with Gasteiger partial charge in [-0.25, -0.2) is 4.79 Å². The summed E-state index contributed by atoms with van der Waals surface area (Å²) in [5, 5.41) is 18.7. The fraction of sp³-hybridized carbons (Fsp3) is 0.824. The number of likely N-dealkylation sites (tertiary alicyclic amines) is 1. The minimum absolute atomic E-state index is 0.143. The summed E-state index contributed by atoms with van der Waals surface area (Å²) in [6.45, 7) is 6.59. The van der Waals surface area contributed by atoms with Gasteiger partial charge in [-0.3, -0.25) is 9.59 Å². The molecular formula is C17H28N2O7. The summed E-state index contributed by atoms with van der Waals surface area (Å²) in [4.78, 5) is 38.9. The fourth-order valence-electron chi connectivity index (χ4n) is 4.21. The van der Waals surface area contributed by atoms with Gasteiger partial charge >= 0.3 is 18.0 Å². The van der Waals surface area contributed by atoms with E-state index in [0.717, 1.165) is 0 Å². The smallest absolute Gasteiger partial charge is 0.325 e. The first-order chi connectivity index (χ1) is 11.7. The van der Waals surface area contributed by atoms with Crippen LogP contribution >= 0.6 is 0 Å². The van der Waals surface area contributed by atoms with Gasteiger partial charge in [0.05, 0.1) is 13.2 Å². The lowest BCUT2D eigenvalue weighted by molar-refractivity contribution is -0.332.